The maximum atomic E-state index is 13.8. The zero-order valence-electron chi connectivity index (χ0n) is 11.4. The van der Waals surface area contributed by atoms with Crippen LogP contribution in [0.2, 0.25) is 0 Å². The van der Waals surface area contributed by atoms with Crippen LogP contribution in [0.4, 0.5) is 4.39 Å². The second-order valence-electron chi connectivity index (χ2n) is 5.41. The van der Waals surface area contributed by atoms with Crippen LogP contribution in [0, 0.1) is 12.7 Å². The first kappa shape index (κ1) is 13.5. The summed E-state index contributed by atoms with van der Waals surface area (Å²) in [7, 11) is 0. The van der Waals surface area contributed by atoms with Crippen LogP contribution in [0.5, 0.6) is 0 Å². The number of hydrogen-bond acceptors (Lipinski definition) is 3. The Morgan fingerprint density at radius 2 is 2.20 bits per heavy atom. The lowest BCUT2D eigenvalue weighted by Gasteiger charge is -2.46. The minimum Gasteiger partial charge on any atom is -0.386 e. The molecule has 1 saturated heterocycles. The molecule has 1 N–H and O–H groups in total. The molecule has 1 fully saturated rings. The number of amides is 1. The Hall–Kier alpha value is -1.46. The fourth-order valence-corrected chi connectivity index (χ4v) is 3.82. The van der Waals surface area contributed by atoms with E-state index in [-0.39, 0.29) is 11.7 Å². The lowest BCUT2D eigenvalue weighted by atomic mass is 9.91. The Morgan fingerprint density at radius 3 is 2.80 bits per heavy atom. The number of carbonyl (C=O) groups excluding carboxylic acids is 1. The Bertz CT molecular complexity index is 688. The van der Waals surface area contributed by atoms with Crippen LogP contribution >= 0.6 is 11.3 Å². The molecule has 20 heavy (non-hydrogen) atoms. The van der Waals surface area contributed by atoms with E-state index in [0.717, 1.165) is 4.70 Å². The zero-order chi connectivity index (χ0) is 14.5. The summed E-state index contributed by atoms with van der Waals surface area (Å²) < 4.78 is 14.6. The van der Waals surface area contributed by atoms with Gasteiger partial charge in [-0.1, -0.05) is 13.0 Å². The van der Waals surface area contributed by atoms with Crippen molar-refractivity contribution in [1.29, 1.82) is 0 Å². The van der Waals surface area contributed by atoms with Gasteiger partial charge in [-0.2, -0.15) is 0 Å². The average molecular weight is 293 g/mol. The Kier molecular flexibility index (Phi) is 3.06. The van der Waals surface area contributed by atoms with Crippen molar-refractivity contribution in [3.05, 3.63) is 34.5 Å². The number of likely N-dealkylation sites (tertiary alicyclic amines) is 1. The number of nitrogens with zero attached hydrogens (tertiary/aromatic N) is 1. The highest BCUT2D eigenvalue weighted by molar-refractivity contribution is 7.21. The molecule has 1 aliphatic rings. The van der Waals surface area contributed by atoms with Crippen molar-refractivity contribution >= 4 is 27.3 Å². The zero-order valence-corrected chi connectivity index (χ0v) is 12.3. The van der Waals surface area contributed by atoms with Gasteiger partial charge in [-0.3, -0.25) is 4.79 Å². The molecule has 5 heteroatoms. The number of halogens is 1. The van der Waals surface area contributed by atoms with Crippen molar-refractivity contribution < 1.29 is 14.3 Å². The SMILES string of the molecule is CCC1(O)CN(C(=O)c2sc3cccc(F)c3c2C)C1. The van der Waals surface area contributed by atoms with E-state index in [1.54, 1.807) is 17.9 Å². The number of carbonyl (C=O) groups is 1. The Morgan fingerprint density at radius 1 is 1.50 bits per heavy atom. The van der Waals surface area contributed by atoms with Gasteiger partial charge in [0, 0.05) is 10.1 Å². The normalized spacial score (nSPS) is 17.3. The summed E-state index contributed by atoms with van der Waals surface area (Å²) >= 11 is 1.32. The van der Waals surface area contributed by atoms with Crippen molar-refractivity contribution in [2.45, 2.75) is 25.9 Å². The van der Waals surface area contributed by atoms with Gasteiger partial charge in [-0.05, 0) is 31.0 Å². The van der Waals surface area contributed by atoms with Crippen molar-refractivity contribution in [1.82, 2.24) is 4.90 Å². The fourth-order valence-electron chi connectivity index (χ4n) is 2.63. The van der Waals surface area contributed by atoms with Crippen LogP contribution in [0.25, 0.3) is 10.1 Å². The second-order valence-corrected chi connectivity index (χ2v) is 6.46. The molecule has 106 valence electrons. The second kappa shape index (κ2) is 4.53. The van der Waals surface area contributed by atoms with E-state index in [4.69, 9.17) is 0 Å². The predicted molar refractivity (Wildman–Crippen MR) is 77.7 cm³/mol. The molecule has 0 bridgehead atoms. The van der Waals surface area contributed by atoms with Crippen LogP contribution in [0.1, 0.15) is 28.6 Å². The number of hydrogen-bond donors (Lipinski definition) is 1. The van der Waals surface area contributed by atoms with Crippen LogP contribution in [0.15, 0.2) is 18.2 Å². The molecule has 2 heterocycles. The molecule has 1 aromatic heterocycles. The van der Waals surface area contributed by atoms with Crippen LogP contribution in [-0.2, 0) is 0 Å². The minimum absolute atomic E-state index is 0.110. The van der Waals surface area contributed by atoms with Crippen molar-refractivity contribution in [2.24, 2.45) is 0 Å². The molecule has 3 nitrogen and oxygen atoms in total. The van der Waals surface area contributed by atoms with Gasteiger partial charge in [0.2, 0.25) is 0 Å². The van der Waals surface area contributed by atoms with E-state index in [1.165, 1.54) is 17.4 Å². The van der Waals surface area contributed by atoms with Crippen LogP contribution in [-0.4, -0.2) is 34.6 Å². The summed E-state index contributed by atoms with van der Waals surface area (Å²) in [5.41, 5.74) is -0.0501. The number of rotatable bonds is 2. The van der Waals surface area contributed by atoms with Crippen molar-refractivity contribution in [3.8, 4) is 0 Å². The molecule has 1 amide bonds. The highest BCUT2D eigenvalue weighted by Crippen LogP contribution is 2.35. The maximum absolute atomic E-state index is 13.8. The van der Waals surface area contributed by atoms with E-state index in [9.17, 15) is 14.3 Å². The summed E-state index contributed by atoms with van der Waals surface area (Å²) in [5, 5.41) is 10.5. The predicted octanol–water partition coefficient (Wildman–Crippen LogP) is 2.95. The third-order valence-corrected chi connectivity index (χ3v) is 5.26. The standard InChI is InChI=1S/C15H16FNO2S/c1-3-15(19)7-17(8-15)14(18)13-9(2)12-10(16)5-4-6-11(12)20-13/h4-6,19H,3,7-8H2,1-2H3. The summed E-state index contributed by atoms with van der Waals surface area (Å²) in [6.07, 6.45) is 0.636. The van der Waals surface area contributed by atoms with E-state index in [1.807, 2.05) is 13.0 Å². The summed E-state index contributed by atoms with van der Waals surface area (Å²) in [4.78, 5) is 14.6. The Labute approximate surface area is 120 Å². The van der Waals surface area contributed by atoms with Gasteiger partial charge in [0.25, 0.3) is 5.91 Å². The van der Waals surface area contributed by atoms with Gasteiger partial charge in [0.05, 0.1) is 23.6 Å². The molecular weight excluding hydrogens is 277 g/mol. The van der Waals surface area contributed by atoms with E-state index in [0.29, 0.717) is 35.3 Å². The largest absolute Gasteiger partial charge is 0.386 e. The van der Waals surface area contributed by atoms with E-state index in [2.05, 4.69) is 0 Å². The minimum atomic E-state index is -0.745. The number of fused-ring (bicyclic) bond motifs is 1. The molecule has 0 aliphatic carbocycles. The topological polar surface area (TPSA) is 40.5 Å². The summed E-state index contributed by atoms with van der Waals surface area (Å²) in [6.45, 7) is 4.40. The first-order valence-electron chi connectivity index (χ1n) is 6.64. The third-order valence-electron chi connectivity index (χ3n) is 4.01. The van der Waals surface area contributed by atoms with Crippen molar-refractivity contribution in [3.63, 3.8) is 0 Å². The van der Waals surface area contributed by atoms with Crippen LogP contribution in [0.3, 0.4) is 0 Å². The molecule has 0 radical (unpaired) electrons. The lowest BCUT2D eigenvalue weighted by Crippen LogP contribution is -2.63. The smallest absolute Gasteiger partial charge is 0.264 e. The first-order chi connectivity index (χ1) is 9.45. The number of β-amino-alcohol motifs (C(OH)–C–C–N with tert-alkyl or cyclic N) is 1. The first-order valence-corrected chi connectivity index (χ1v) is 7.46. The summed E-state index contributed by atoms with van der Waals surface area (Å²) in [6, 6.07) is 4.89. The molecule has 1 aromatic carbocycles. The number of aryl methyl sites for hydroxylation is 1. The molecular formula is C15H16FNO2S. The molecule has 0 atom stereocenters. The summed E-state index contributed by atoms with van der Waals surface area (Å²) in [5.74, 6) is -0.398. The van der Waals surface area contributed by atoms with E-state index < -0.39 is 5.60 Å². The molecule has 2 aromatic rings. The van der Waals surface area contributed by atoms with Gasteiger partial charge in [0.15, 0.2) is 0 Å². The van der Waals surface area contributed by atoms with Gasteiger partial charge in [0.1, 0.15) is 5.82 Å². The number of thiophene rings is 1. The lowest BCUT2D eigenvalue weighted by molar-refractivity contribution is -0.0825. The monoisotopic (exact) mass is 293 g/mol. The molecule has 1 aliphatic heterocycles. The van der Waals surface area contributed by atoms with Gasteiger partial charge >= 0.3 is 0 Å². The molecule has 0 saturated carbocycles. The third kappa shape index (κ3) is 1.93. The van der Waals surface area contributed by atoms with Gasteiger partial charge < -0.3 is 10.0 Å². The average Bonchev–Trinajstić information content (AvgIpc) is 2.73. The van der Waals surface area contributed by atoms with Crippen molar-refractivity contribution in [2.75, 3.05) is 13.1 Å². The number of aliphatic hydroxyl groups is 1. The van der Waals surface area contributed by atoms with Crippen LogP contribution < -0.4 is 0 Å². The quantitative estimate of drug-likeness (QED) is 0.925. The molecule has 0 spiro atoms. The maximum Gasteiger partial charge on any atom is 0.264 e. The molecule has 0 unspecified atom stereocenters. The highest BCUT2D eigenvalue weighted by atomic mass is 32.1. The van der Waals surface area contributed by atoms with Gasteiger partial charge in [-0.25, -0.2) is 4.39 Å². The van der Waals surface area contributed by atoms with Gasteiger partial charge in [-0.15, -0.1) is 11.3 Å². The number of benzene rings is 1. The molecule has 3 rings (SSSR count). The Balaban J connectivity index is 1.94. The highest BCUT2D eigenvalue weighted by Gasteiger charge is 2.42. The van der Waals surface area contributed by atoms with E-state index >= 15 is 0 Å². The fraction of sp³-hybridized carbons (Fsp3) is 0.400.